The lowest BCUT2D eigenvalue weighted by atomic mass is 10.3. The monoisotopic (exact) mass is 298 g/mol. The van der Waals surface area contributed by atoms with Crippen LogP contribution in [0, 0.1) is 0 Å². The maximum atomic E-state index is 6.05. The Hall–Kier alpha value is -1.33. The summed E-state index contributed by atoms with van der Waals surface area (Å²) < 4.78 is 0.923. The van der Waals surface area contributed by atoms with Gasteiger partial charge in [0, 0.05) is 4.47 Å². The molecular formula is C10H8BrClN4. The largest absolute Gasteiger partial charge is 0.382 e. The van der Waals surface area contributed by atoms with Gasteiger partial charge in [0.2, 0.25) is 0 Å². The van der Waals surface area contributed by atoms with Crippen LogP contribution in [0.5, 0.6) is 0 Å². The highest BCUT2D eigenvalue weighted by molar-refractivity contribution is 9.10. The molecule has 4 nitrogen and oxygen atoms in total. The first-order valence-corrected chi connectivity index (χ1v) is 5.62. The minimum atomic E-state index is 0.382. The summed E-state index contributed by atoms with van der Waals surface area (Å²) in [6, 6.07) is 5.54. The van der Waals surface area contributed by atoms with Crippen molar-refractivity contribution >= 4 is 44.9 Å². The molecule has 1 aromatic heterocycles. The summed E-state index contributed by atoms with van der Waals surface area (Å²) in [5.41, 5.74) is 6.20. The molecule has 0 bridgehead atoms. The van der Waals surface area contributed by atoms with Gasteiger partial charge >= 0.3 is 0 Å². The van der Waals surface area contributed by atoms with Gasteiger partial charge in [0.15, 0.2) is 0 Å². The quantitative estimate of drug-likeness (QED) is 0.893. The van der Waals surface area contributed by atoms with Crippen LogP contribution in [-0.2, 0) is 0 Å². The standard InChI is InChI=1S/C10H8BrClN4/c11-6-1-2-8(7(12)3-6)16-10-5-14-9(13)4-15-10/h1-5H,(H2,13,14)(H,15,16). The van der Waals surface area contributed by atoms with E-state index in [9.17, 15) is 0 Å². The Balaban J connectivity index is 2.23. The van der Waals surface area contributed by atoms with Crippen molar-refractivity contribution in [1.29, 1.82) is 0 Å². The Morgan fingerprint density at radius 1 is 1.25 bits per heavy atom. The average Bonchev–Trinajstić information content (AvgIpc) is 2.25. The number of aromatic nitrogens is 2. The summed E-state index contributed by atoms with van der Waals surface area (Å²) >= 11 is 9.38. The summed E-state index contributed by atoms with van der Waals surface area (Å²) in [4.78, 5) is 7.99. The molecule has 16 heavy (non-hydrogen) atoms. The van der Waals surface area contributed by atoms with Crippen molar-refractivity contribution in [1.82, 2.24) is 9.97 Å². The zero-order valence-electron chi connectivity index (χ0n) is 8.11. The second kappa shape index (κ2) is 4.67. The molecule has 0 amide bonds. The van der Waals surface area contributed by atoms with Crippen LogP contribution < -0.4 is 11.1 Å². The van der Waals surface area contributed by atoms with Crippen LogP contribution in [0.2, 0.25) is 5.02 Å². The van der Waals surface area contributed by atoms with E-state index in [1.165, 1.54) is 6.20 Å². The third kappa shape index (κ3) is 2.62. The highest BCUT2D eigenvalue weighted by atomic mass is 79.9. The number of hydrogen-bond acceptors (Lipinski definition) is 4. The van der Waals surface area contributed by atoms with E-state index in [0.29, 0.717) is 16.7 Å². The van der Waals surface area contributed by atoms with E-state index in [2.05, 4.69) is 31.2 Å². The van der Waals surface area contributed by atoms with Crippen LogP contribution in [0.4, 0.5) is 17.3 Å². The van der Waals surface area contributed by atoms with E-state index < -0.39 is 0 Å². The van der Waals surface area contributed by atoms with Gasteiger partial charge in [-0.15, -0.1) is 0 Å². The molecule has 0 spiro atoms. The summed E-state index contributed by atoms with van der Waals surface area (Å²) in [6.45, 7) is 0. The SMILES string of the molecule is Nc1cnc(Nc2ccc(Br)cc2Cl)cn1. The van der Waals surface area contributed by atoms with Crippen LogP contribution in [0.25, 0.3) is 0 Å². The molecule has 0 aliphatic heterocycles. The number of rotatable bonds is 2. The predicted octanol–water partition coefficient (Wildman–Crippen LogP) is 3.22. The van der Waals surface area contributed by atoms with Gasteiger partial charge in [0.05, 0.1) is 23.1 Å². The van der Waals surface area contributed by atoms with Crippen molar-refractivity contribution < 1.29 is 0 Å². The van der Waals surface area contributed by atoms with Gasteiger partial charge in [-0.25, -0.2) is 9.97 Å². The Labute approximate surface area is 106 Å². The molecule has 1 heterocycles. The molecule has 0 saturated carbocycles. The fraction of sp³-hybridized carbons (Fsp3) is 0. The molecule has 0 fully saturated rings. The number of halogens is 2. The van der Waals surface area contributed by atoms with E-state index in [-0.39, 0.29) is 0 Å². The fourth-order valence-electron chi connectivity index (χ4n) is 1.13. The van der Waals surface area contributed by atoms with E-state index in [0.717, 1.165) is 10.2 Å². The maximum absolute atomic E-state index is 6.05. The second-order valence-corrected chi connectivity index (χ2v) is 4.40. The third-order valence-electron chi connectivity index (χ3n) is 1.87. The van der Waals surface area contributed by atoms with Gasteiger partial charge in [0.1, 0.15) is 11.6 Å². The molecule has 82 valence electrons. The highest BCUT2D eigenvalue weighted by Crippen LogP contribution is 2.27. The first-order valence-electron chi connectivity index (χ1n) is 4.45. The number of hydrogen-bond donors (Lipinski definition) is 2. The van der Waals surface area contributed by atoms with E-state index >= 15 is 0 Å². The van der Waals surface area contributed by atoms with Crippen molar-refractivity contribution in [3.05, 3.63) is 40.1 Å². The lowest BCUT2D eigenvalue weighted by Gasteiger charge is -2.07. The molecule has 6 heteroatoms. The van der Waals surface area contributed by atoms with E-state index in [1.54, 1.807) is 12.3 Å². The molecular weight excluding hydrogens is 291 g/mol. The Kier molecular flexibility index (Phi) is 3.26. The highest BCUT2D eigenvalue weighted by Gasteiger charge is 2.02. The minimum Gasteiger partial charge on any atom is -0.382 e. The summed E-state index contributed by atoms with van der Waals surface area (Å²) in [5, 5.41) is 3.65. The van der Waals surface area contributed by atoms with Gasteiger partial charge in [-0.1, -0.05) is 27.5 Å². The first kappa shape index (κ1) is 11.2. The van der Waals surface area contributed by atoms with Crippen molar-refractivity contribution in [2.75, 3.05) is 11.1 Å². The summed E-state index contributed by atoms with van der Waals surface area (Å²) in [6.07, 6.45) is 3.03. The van der Waals surface area contributed by atoms with Crippen LogP contribution in [0.3, 0.4) is 0 Å². The molecule has 3 N–H and O–H groups in total. The molecule has 0 aliphatic rings. The summed E-state index contributed by atoms with van der Waals surface area (Å²) in [5.74, 6) is 0.978. The van der Waals surface area contributed by atoms with Crippen LogP contribution in [0.1, 0.15) is 0 Å². The van der Waals surface area contributed by atoms with Gasteiger partial charge in [-0.05, 0) is 18.2 Å². The maximum Gasteiger partial charge on any atom is 0.149 e. The smallest absolute Gasteiger partial charge is 0.149 e. The molecule has 2 aromatic rings. The first-order chi connectivity index (χ1) is 7.65. The summed E-state index contributed by atoms with van der Waals surface area (Å²) in [7, 11) is 0. The molecule has 0 aliphatic carbocycles. The zero-order chi connectivity index (χ0) is 11.5. The van der Waals surface area contributed by atoms with E-state index in [4.69, 9.17) is 17.3 Å². The molecule has 2 rings (SSSR count). The molecule has 1 aromatic carbocycles. The van der Waals surface area contributed by atoms with Crippen molar-refractivity contribution in [2.24, 2.45) is 0 Å². The number of nitrogens with one attached hydrogen (secondary N) is 1. The number of nitrogens with two attached hydrogens (primary N) is 1. The zero-order valence-corrected chi connectivity index (χ0v) is 10.5. The lowest BCUT2D eigenvalue weighted by Crippen LogP contribution is -1.97. The fourth-order valence-corrected chi connectivity index (χ4v) is 1.85. The average molecular weight is 300 g/mol. The van der Waals surface area contributed by atoms with Gasteiger partial charge in [-0.3, -0.25) is 0 Å². The minimum absolute atomic E-state index is 0.382. The van der Waals surface area contributed by atoms with E-state index in [1.807, 2.05) is 12.1 Å². The number of nitrogen functional groups attached to an aromatic ring is 1. The molecule has 0 saturated heterocycles. The third-order valence-corrected chi connectivity index (χ3v) is 2.67. The Morgan fingerprint density at radius 2 is 2.06 bits per heavy atom. The second-order valence-electron chi connectivity index (χ2n) is 3.08. The number of nitrogens with zero attached hydrogens (tertiary/aromatic N) is 2. The normalized spacial score (nSPS) is 10.1. The van der Waals surface area contributed by atoms with Crippen LogP contribution in [0.15, 0.2) is 35.1 Å². The number of anilines is 3. The van der Waals surface area contributed by atoms with Gasteiger partial charge < -0.3 is 11.1 Å². The molecule has 0 radical (unpaired) electrons. The number of benzene rings is 1. The van der Waals surface area contributed by atoms with Crippen LogP contribution >= 0.6 is 27.5 Å². The van der Waals surface area contributed by atoms with Crippen molar-refractivity contribution in [3.8, 4) is 0 Å². The van der Waals surface area contributed by atoms with Crippen molar-refractivity contribution in [3.63, 3.8) is 0 Å². The molecule has 0 unspecified atom stereocenters. The van der Waals surface area contributed by atoms with Crippen molar-refractivity contribution in [2.45, 2.75) is 0 Å². The van der Waals surface area contributed by atoms with Crippen LogP contribution in [-0.4, -0.2) is 9.97 Å². The molecule has 0 atom stereocenters. The van der Waals surface area contributed by atoms with Gasteiger partial charge in [0.25, 0.3) is 0 Å². The lowest BCUT2D eigenvalue weighted by molar-refractivity contribution is 1.21. The predicted molar refractivity (Wildman–Crippen MR) is 68.9 cm³/mol. The van der Waals surface area contributed by atoms with Gasteiger partial charge in [-0.2, -0.15) is 0 Å². The topological polar surface area (TPSA) is 63.8 Å². The Bertz CT molecular complexity index is 501. The Morgan fingerprint density at radius 3 is 2.69 bits per heavy atom.